The fourth-order valence-electron chi connectivity index (χ4n) is 2.35. The molecule has 5 heteroatoms. The first-order valence-electron chi connectivity index (χ1n) is 5.67. The third-order valence-corrected chi connectivity index (χ3v) is 3.18. The molecule has 0 unspecified atom stereocenters. The van der Waals surface area contributed by atoms with E-state index in [9.17, 15) is 4.79 Å². The molecule has 3 heterocycles. The highest BCUT2D eigenvalue weighted by Gasteiger charge is 2.23. The summed E-state index contributed by atoms with van der Waals surface area (Å²) in [5, 5.41) is 2.87. The van der Waals surface area contributed by atoms with Crippen molar-refractivity contribution < 1.29 is 4.79 Å². The second-order valence-electron chi connectivity index (χ2n) is 4.22. The van der Waals surface area contributed by atoms with Gasteiger partial charge in [0.1, 0.15) is 0 Å². The number of carbonyl (C=O) groups is 1. The number of amides is 1. The lowest BCUT2D eigenvalue weighted by atomic mass is 10.0. The van der Waals surface area contributed by atoms with E-state index in [0.717, 1.165) is 34.5 Å². The molecule has 0 radical (unpaired) electrons. The van der Waals surface area contributed by atoms with E-state index >= 15 is 0 Å². The first-order chi connectivity index (χ1) is 8.27. The summed E-state index contributed by atoms with van der Waals surface area (Å²) in [4.78, 5) is 19.2. The Morgan fingerprint density at radius 1 is 1.28 bits per heavy atom. The lowest BCUT2D eigenvalue weighted by molar-refractivity contribution is 0.0945. The van der Waals surface area contributed by atoms with E-state index in [0.29, 0.717) is 6.54 Å². The molecule has 0 atom stereocenters. The van der Waals surface area contributed by atoms with E-state index in [2.05, 4.69) is 15.3 Å². The predicted octanol–water partition coefficient (Wildman–Crippen LogP) is 2.09. The normalized spacial score (nSPS) is 13.5. The van der Waals surface area contributed by atoms with Gasteiger partial charge in [0.05, 0.1) is 5.56 Å². The van der Waals surface area contributed by atoms with Gasteiger partial charge in [-0.15, -0.1) is 12.4 Å². The Morgan fingerprint density at radius 2 is 2.00 bits per heavy atom. The van der Waals surface area contributed by atoms with Gasteiger partial charge < -0.3 is 10.3 Å². The molecule has 0 saturated carbocycles. The maximum atomic E-state index is 11.8. The number of carbonyl (C=O) groups excluding carboxylic acids is 1. The third-order valence-electron chi connectivity index (χ3n) is 3.18. The predicted molar refractivity (Wildman–Crippen MR) is 72.0 cm³/mol. The lowest BCUT2D eigenvalue weighted by Gasteiger charge is -2.12. The minimum Gasteiger partial charge on any atom is -0.357 e. The van der Waals surface area contributed by atoms with Crippen LogP contribution in [0.15, 0.2) is 24.5 Å². The van der Waals surface area contributed by atoms with Gasteiger partial charge in [-0.3, -0.25) is 9.78 Å². The zero-order valence-corrected chi connectivity index (χ0v) is 10.8. The summed E-state index contributed by atoms with van der Waals surface area (Å²) >= 11 is 0. The van der Waals surface area contributed by atoms with Crippen LogP contribution >= 0.6 is 12.4 Å². The summed E-state index contributed by atoms with van der Waals surface area (Å²) < 4.78 is 0. The molecule has 1 amide bonds. The molecule has 0 saturated heterocycles. The molecule has 1 aliphatic rings. The first-order valence-corrected chi connectivity index (χ1v) is 5.67. The average Bonchev–Trinajstić information content (AvgIpc) is 2.69. The van der Waals surface area contributed by atoms with Crippen molar-refractivity contribution in [2.75, 3.05) is 6.54 Å². The molecule has 2 N–H and O–H groups in total. The highest BCUT2D eigenvalue weighted by Crippen LogP contribution is 2.28. The van der Waals surface area contributed by atoms with E-state index in [-0.39, 0.29) is 18.3 Å². The highest BCUT2D eigenvalue weighted by molar-refractivity contribution is 5.99. The van der Waals surface area contributed by atoms with Gasteiger partial charge in [-0.05, 0) is 24.6 Å². The summed E-state index contributed by atoms with van der Waals surface area (Å²) in [6.45, 7) is 2.69. The van der Waals surface area contributed by atoms with E-state index in [1.54, 1.807) is 12.4 Å². The highest BCUT2D eigenvalue weighted by atomic mass is 35.5. The topological polar surface area (TPSA) is 57.8 Å². The number of aromatic amines is 1. The number of aromatic nitrogens is 2. The van der Waals surface area contributed by atoms with Crippen molar-refractivity contribution in [2.24, 2.45) is 0 Å². The van der Waals surface area contributed by atoms with Crippen LogP contribution in [0.25, 0.3) is 11.3 Å². The smallest absolute Gasteiger partial charge is 0.253 e. The van der Waals surface area contributed by atoms with Gasteiger partial charge in [0.2, 0.25) is 0 Å². The van der Waals surface area contributed by atoms with E-state index in [1.165, 1.54) is 0 Å². The molecule has 0 aromatic carbocycles. The average molecular weight is 264 g/mol. The summed E-state index contributed by atoms with van der Waals surface area (Å²) in [6.07, 6.45) is 4.39. The summed E-state index contributed by atoms with van der Waals surface area (Å²) in [7, 11) is 0. The van der Waals surface area contributed by atoms with Gasteiger partial charge in [-0.1, -0.05) is 0 Å². The van der Waals surface area contributed by atoms with Gasteiger partial charge in [-0.2, -0.15) is 0 Å². The van der Waals surface area contributed by atoms with Crippen molar-refractivity contribution in [1.82, 2.24) is 15.3 Å². The number of hydrogen-bond donors (Lipinski definition) is 2. The number of nitrogens with zero attached hydrogens (tertiary/aromatic N) is 1. The number of fused-ring (bicyclic) bond motifs is 1. The number of rotatable bonds is 1. The van der Waals surface area contributed by atoms with E-state index in [1.807, 2.05) is 19.1 Å². The first kappa shape index (κ1) is 12.6. The zero-order chi connectivity index (χ0) is 11.8. The van der Waals surface area contributed by atoms with Gasteiger partial charge in [0, 0.05) is 42.3 Å². The molecular formula is C13H14ClN3O. The third kappa shape index (κ3) is 1.88. The standard InChI is InChI=1S/C13H13N3O.ClH/c1-8-11-10(4-7-15-13(11)17)16-12(8)9-2-5-14-6-3-9;/h2-3,5-6,16H,4,7H2,1H3,(H,15,17);1H. The lowest BCUT2D eigenvalue weighted by Crippen LogP contribution is -2.31. The molecule has 2 aromatic rings. The Kier molecular flexibility index (Phi) is 3.39. The monoisotopic (exact) mass is 263 g/mol. The second-order valence-corrected chi connectivity index (χ2v) is 4.22. The molecule has 0 fully saturated rings. The summed E-state index contributed by atoms with van der Waals surface area (Å²) in [6, 6.07) is 3.89. The number of halogens is 1. The number of H-pyrrole nitrogens is 1. The maximum absolute atomic E-state index is 11.8. The Labute approximate surface area is 111 Å². The van der Waals surface area contributed by atoms with Crippen LogP contribution in [0.4, 0.5) is 0 Å². The summed E-state index contributed by atoms with van der Waals surface area (Å²) in [5.41, 5.74) is 4.96. The van der Waals surface area contributed by atoms with Crippen molar-refractivity contribution in [3.05, 3.63) is 41.3 Å². The Hall–Kier alpha value is -1.81. The molecular weight excluding hydrogens is 250 g/mol. The second kappa shape index (κ2) is 4.82. The van der Waals surface area contributed by atoms with Crippen LogP contribution < -0.4 is 5.32 Å². The molecule has 0 aliphatic carbocycles. The largest absolute Gasteiger partial charge is 0.357 e. The Balaban J connectivity index is 0.00000120. The van der Waals surface area contributed by atoms with Gasteiger partial charge in [0.15, 0.2) is 0 Å². The maximum Gasteiger partial charge on any atom is 0.253 e. The van der Waals surface area contributed by atoms with Crippen molar-refractivity contribution >= 4 is 18.3 Å². The van der Waals surface area contributed by atoms with Gasteiger partial charge >= 0.3 is 0 Å². The van der Waals surface area contributed by atoms with Crippen molar-refractivity contribution in [3.63, 3.8) is 0 Å². The number of hydrogen-bond acceptors (Lipinski definition) is 2. The van der Waals surface area contributed by atoms with E-state index < -0.39 is 0 Å². The van der Waals surface area contributed by atoms with Crippen LogP contribution in [0.2, 0.25) is 0 Å². The van der Waals surface area contributed by atoms with Crippen molar-refractivity contribution in [3.8, 4) is 11.3 Å². The fraction of sp³-hybridized carbons (Fsp3) is 0.231. The van der Waals surface area contributed by atoms with Crippen LogP contribution in [0.3, 0.4) is 0 Å². The minimum atomic E-state index is 0. The Morgan fingerprint density at radius 3 is 2.67 bits per heavy atom. The van der Waals surface area contributed by atoms with Crippen LogP contribution in [-0.2, 0) is 6.42 Å². The van der Waals surface area contributed by atoms with Gasteiger partial charge in [-0.25, -0.2) is 0 Å². The van der Waals surface area contributed by atoms with Crippen LogP contribution in [-0.4, -0.2) is 22.4 Å². The minimum absolute atomic E-state index is 0. The quantitative estimate of drug-likeness (QED) is 0.828. The van der Waals surface area contributed by atoms with Gasteiger partial charge in [0.25, 0.3) is 5.91 Å². The fourth-order valence-corrected chi connectivity index (χ4v) is 2.35. The number of pyridine rings is 1. The Bertz CT molecular complexity index is 577. The van der Waals surface area contributed by atoms with Crippen LogP contribution in [0, 0.1) is 6.92 Å². The zero-order valence-electron chi connectivity index (χ0n) is 9.99. The molecule has 4 nitrogen and oxygen atoms in total. The molecule has 3 rings (SSSR count). The van der Waals surface area contributed by atoms with Crippen molar-refractivity contribution in [2.45, 2.75) is 13.3 Å². The van der Waals surface area contributed by atoms with Crippen LogP contribution in [0.1, 0.15) is 21.6 Å². The summed E-state index contributed by atoms with van der Waals surface area (Å²) in [5.74, 6) is 0.0281. The SMILES string of the molecule is Cc1c(-c2ccncc2)[nH]c2c1C(=O)NCC2.Cl. The molecule has 18 heavy (non-hydrogen) atoms. The number of nitrogens with one attached hydrogen (secondary N) is 2. The molecule has 1 aliphatic heterocycles. The molecule has 0 spiro atoms. The molecule has 2 aromatic heterocycles. The molecule has 94 valence electrons. The van der Waals surface area contributed by atoms with E-state index in [4.69, 9.17) is 0 Å². The van der Waals surface area contributed by atoms with Crippen LogP contribution in [0.5, 0.6) is 0 Å². The molecule has 0 bridgehead atoms. The van der Waals surface area contributed by atoms with Crippen molar-refractivity contribution in [1.29, 1.82) is 0 Å².